The Hall–Kier alpha value is -4.05. The van der Waals surface area contributed by atoms with E-state index in [1.165, 1.54) is 30.3 Å². The number of carbonyl (C=O) groups excluding carboxylic acids is 2. The normalized spacial score (nSPS) is 17.4. The molecule has 1 fully saturated rings. The summed E-state index contributed by atoms with van der Waals surface area (Å²) in [5.41, 5.74) is -0.684. The Balaban J connectivity index is 1.40. The minimum absolute atomic E-state index is 0.0524. The molecular formula is C27H25F3N2O5. The number of benzene rings is 3. The third kappa shape index (κ3) is 6.21. The van der Waals surface area contributed by atoms with Crippen molar-refractivity contribution < 1.29 is 37.7 Å². The Labute approximate surface area is 210 Å². The highest BCUT2D eigenvalue weighted by Crippen LogP contribution is 2.37. The lowest BCUT2D eigenvalue weighted by Crippen LogP contribution is -2.42. The Bertz CT molecular complexity index is 1270. The molecule has 0 radical (unpaired) electrons. The van der Waals surface area contributed by atoms with Crippen LogP contribution in [0.15, 0.2) is 66.7 Å². The fourth-order valence-corrected chi connectivity index (χ4v) is 4.24. The Morgan fingerprint density at radius 1 is 0.973 bits per heavy atom. The van der Waals surface area contributed by atoms with Crippen LogP contribution < -0.4 is 10.6 Å². The summed E-state index contributed by atoms with van der Waals surface area (Å²) in [6, 6.07) is 15.3. The largest absolute Gasteiger partial charge is 0.508 e. The number of ketones is 1. The van der Waals surface area contributed by atoms with Crippen molar-refractivity contribution >= 4 is 23.1 Å². The molecule has 3 aromatic rings. The zero-order chi connectivity index (χ0) is 26.6. The Morgan fingerprint density at radius 2 is 1.65 bits per heavy atom. The van der Waals surface area contributed by atoms with Crippen LogP contribution in [0.5, 0.6) is 11.5 Å². The molecule has 7 nitrogen and oxygen atoms in total. The van der Waals surface area contributed by atoms with Gasteiger partial charge in [-0.25, -0.2) is 0 Å². The van der Waals surface area contributed by atoms with Crippen molar-refractivity contribution in [2.24, 2.45) is 5.41 Å². The van der Waals surface area contributed by atoms with Crippen LogP contribution in [0.2, 0.25) is 0 Å². The maximum absolute atomic E-state index is 13.2. The monoisotopic (exact) mass is 514 g/mol. The van der Waals surface area contributed by atoms with E-state index >= 15 is 0 Å². The van der Waals surface area contributed by atoms with Gasteiger partial charge in [-0.3, -0.25) is 9.59 Å². The summed E-state index contributed by atoms with van der Waals surface area (Å²) in [6.45, 7) is 0.504. The fourth-order valence-electron chi connectivity index (χ4n) is 4.24. The van der Waals surface area contributed by atoms with Crippen LogP contribution in [-0.2, 0) is 22.3 Å². The number of rotatable bonds is 8. The second-order valence-corrected chi connectivity index (χ2v) is 8.97. The molecule has 0 saturated carbocycles. The summed E-state index contributed by atoms with van der Waals surface area (Å²) in [5.74, 6) is -1.31. The molecular weight excluding hydrogens is 489 g/mol. The van der Waals surface area contributed by atoms with Crippen LogP contribution in [-0.4, -0.2) is 35.1 Å². The molecule has 4 rings (SSSR count). The van der Waals surface area contributed by atoms with E-state index in [0.29, 0.717) is 24.3 Å². The standard InChI is InChI=1S/C27H25F3N2O5/c28-27(29,30)22-3-1-2-4-23(22)32-19-7-5-17(6-8-19)15-31-25(36)26(9-10-37-16-26)14-24(35)18-11-20(33)13-21(34)12-18/h1-8,11-13,32-34H,9-10,14-16H2,(H,31,36)/t26-/m0/s1. The predicted molar refractivity (Wildman–Crippen MR) is 130 cm³/mol. The summed E-state index contributed by atoms with van der Waals surface area (Å²) < 4.78 is 45.1. The minimum Gasteiger partial charge on any atom is -0.508 e. The molecule has 1 aliphatic rings. The topological polar surface area (TPSA) is 108 Å². The van der Waals surface area contributed by atoms with Crippen LogP contribution in [0.25, 0.3) is 0 Å². The van der Waals surface area contributed by atoms with Gasteiger partial charge in [-0.2, -0.15) is 13.2 Å². The lowest BCUT2D eigenvalue weighted by Gasteiger charge is -2.25. The molecule has 1 aliphatic heterocycles. The number of alkyl halides is 3. The number of hydrogen-bond acceptors (Lipinski definition) is 6. The highest BCUT2D eigenvalue weighted by Gasteiger charge is 2.44. The number of aromatic hydroxyl groups is 2. The maximum Gasteiger partial charge on any atom is 0.418 e. The molecule has 1 amide bonds. The number of para-hydroxylation sites is 1. The molecule has 4 N–H and O–H groups in total. The van der Waals surface area contributed by atoms with Crippen LogP contribution in [0, 0.1) is 5.41 Å². The van der Waals surface area contributed by atoms with Crippen molar-refractivity contribution in [1.29, 1.82) is 0 Å². The lowest BCUT2D eigenvalue weighted by atomic mass is 9.79. The van der Waals surface area contributed by atoms with Crippen LogP contribution >= 0.6 is 0 Å². The average Bonchev–Trinajstić information content (AvgIpc) is 3.32. The van der Waals surface area contributed by atoms with E-state index in [9.17, 15) is 33.0 Å². The van der Waals surface area contributed by atoms with Gasteiger partial charge in [0, 0.05) is 36.9 Å². The molecule has 1 saturated heterocycles. The van der Waals surface area contributed by atoms with Gasteiger partial charge in [-0.15, -0.1) is 0 Å². The van der Waals surface area contributed by atoms with E-state index in [1.807, 2.05) is 0 Å². The molecule has 0 bridgehead atoms. The van der Waals surface area contributed by atoms with Gasteiger partial charge in [0.05, 0.1) is 23.3 Å². The molecule has 37 heavy (non-hydrogen) atoms. The average molecular weight is 515 g/mol. The smallest absolute Gasteiger partial charge is 0.418 e. The summed E-state index contributed by atoms with van der Waals surface area (Å²) >= 11 is 0. The van der Waals surface area contributed by atoms with Crippen molar-refractivity contribution in [2.75, 3.05) is 18.5 Å². The molecule has 0 unspecified atom stereocenters. The van der Waals surface area contributed by atoms with E-state index in [-0.39, 0.29) is 48.2 Å². The lowest BCUT2D eigenvalue weighted by molar-refractivity contribution is -0.137. The molecule has 1 heterocycles. The van der Waals surface area contributed by atoms with Crippen LogP contribution in [0.4, 0.5) is 24.5 Å². The van der Waals surface area contributed by atoms with E-state index in [2.05, 4.69) is 10.6 Å². The van der Waals surface area contributed by atoms with E-state index in [0.717, 1.165) is 12.1 Å². The summed E-state index contributed by atoms with van der Waals surface area (Å²) in [5, 5.41) is 24.9. The number of halogens is 3. The third-order valence-electron chi connectivity index (χ3n) is 6.23. The number of phenols is 2. The van der Waals surface area contributed by atoms with E-state index in [4.69, 9.17) is 4.74 Å². The van der Waals surface area contributed by atoms with Gasteiger partial charge < -0.3 is 25.6 Å². The Kier molecular flexibility index (Phi) is 7.40. The summed E-state index contributed by atoms with van der Waals surface area (Å²) in [4.78, 5) is 25.9. The Morgan fingerprint density at radius 3 is 2.27 bits per heavy atom. The molecule has 3 aromatic carbocycles. The highest BCUT2D eigenvalue weighted by atomic mass is 19.4. The summed E-state index contributed by atoms with van der Waals surface area (Å²) in [7, 11) is 0. The number of ether oxygens (including phenoxy) is 1. The maximum atomic E-state index is 13.2. The van der Waals surface area contributed by atoms with Crippen molar-refractivity contribution in [3.8, 4) is 11.5 Å². The highest BCUT2D eigenvalue weighted by molar-refractivity contribution is 6.00. The second kappa shape index (κ2) is 10.5. The van der Waals surface area contributed by atoms with Gasteiger partial charge in [-0.1, -0.05) is 24.3 Å². The van der Waals surface area contributed by atoms with E-state index in [1.54, 1.807) is 24.3 Å². The van der Waals surface area contributed by atoms with Gasteiger partial charge in [0.25, 0.3) is 0 Å². The van der Waals surface area contributed by atoms with E-state index < -0.39 is 22.9 Å². The van der Waals surface area contributed by atoms with Crippen LogP contribution in [0.1, 0.15) is 34.3 Å². The van der Waals surface area contributed by atoms with Crippen molar-refractivity contribution in [3.63, 3.8) is 0 Å². The number of amides is 1. The van der Waals surface area contributed by atoms with Crippen molar-refractivity contribution in [1.82, 2.24) is 5.32 Å². The number of nitrogens with one attached hydrogen (secondary N) is 2. The molecule has 194 valence electrons. The van der Waals surface area contributed by atoms with Crippen molar-refractivity contribution in [3.05, 3.63) is 83.4 Å². The fraction of sp³-hybridized carbons (Fsp3) is 0.259. The van der Waals surface area contributed by atoms with Gasteiger partial charge in [0.1, 0.15) is 11.5 Å². The first-order valence-electron chi connectivity index (χ1n) is 11.5. The van der Waals surface area contributed by atoms with Crippen molar-refractivity contribution in [2.45, 2.75) is 25.6 Å². The molecule has 0 aliphatic carbocycles. The number of anilines is 2. The number of carbonyl (C=O) groups is 2. The molecule has 0 aromatic heterocycles. The number of phenolic OH excluding ortho intramolecular Hbond substituents is 2. The first kappa shape index (κ1) is 26.0. The van der Waals surface area contributed by atoms with Gasteiger partial charge >= 0.3 is 6.18 Å². The predicted octanol–water partition coefficient (Wildman–Crippen LogP) is 5.16. The summed E-state index contributed by atoms with van der Waals surface area (Å²) in [6.07, 6.45) is -4.32. The zero-order valence-electron chi connectivity index (χ0n) is 19.6. The van der Waals surface area contributed by atoms with Gasteiger partial charge in [0.2, 0.25) is 5.91 Å². The third-order valence-corrected chi connectivity index (χ3v) is 6.23. The number of hydrogen-bond donors (Lipinski definition) is 4. The first-order chi connectivity index (χ1) is 17.6. The molecule has 0 spiro atoms. The number of Topliss-reactive ketones (excluding diaryl/α,β-unsaturated/α-hetero) is 1. The zero-order valence-corrected chi connectivity index (χ0v) is 19.6. The first-order valence-corrected chi connectivity index (χ1v) is 11.5. The molecule has 1 atom stereocenters. The van der Waals surface area contributed by atoms with Gasteiger partial charge in [-0.05, 0) is 48.4 Å². The van der Waals surface area contributed by atoms with Gasteiger partial charge in [0.15, 0.2) is 5.78 Å². The van der Waals surface area contributed by atoms with Crippen LogP contribution in [0.3, 0.4) is 0 Å². The minimum atomic E-state index is -4.49. The molecule has 10 heteroatoms. The SMILES string of the molecule is O=C(C[C@@]1(C(=O)NCc2ccc(Nc3ccccc3C(F)(F)F)cc2)CCOC1)c1cc(O)cc(O)c1. The second-order valence-electron chi connectivity index (χ2n) is 8.97. The quantitative estimate of drug-likeness (QED) is 0.310.